The van der Waals surface area contributed by atoms with E-state index in [4.69, 9.17) is 9.47 Å². The summed E-state index contributed by atoms with van der Waals surface area (Å²) in [5.74, 6) is 0.804. The molecule has 1 atom stereocenters. The maximum Gasteiger partial charge on any atom is 0.253 e. The van der Waals surface area contributed by atoms with Crippen molar-refractivity contribution in [3.05, 3.63) is 29.3 Å². The van der Waals surface area contributed by atoms with Crippen LogP contribution in [-0.4, -0.2) is 50.8 Å². The molecule has 110 valence electrons. The van der Waals surface area contributed by atoms with Crippen LogP contribution in [0.25, 0.3) is 0 Å². The minimum absolute atomic E-state index is 0.000703. The molecule has 5 heteroatoms. The van der Waals surface area contributed by atoms with E-state index in [2.05, 4.69) is 5.32 Å². The van der Waals surface area contributed by atoms with E-state index in [1.54, 1.807) is 19.1 Å². The maximum absolute atomic E-state index is 12.3. The van der Waals surface area contributed by atoms with Gasteiger partial charge in [-0.1, -0.05) is 17.7 Å². The van der Waals surface area contributed by atoms with E-state index in [0.29, 0.717) is 19.7 Å². The standard InChI is InChI=1S/C15H22N2O3/c1-11-4-5-13(19-3)12(8-11)10-17(2)15(18)14-9-16-6-7-20-14/h4-5,8,14,16H,6-7,9-10H2,1-3H3. The maximum atomic E-state index is 12.3. The van der Waals surface area contributed by atoms with Crippen molar-refractivity contribution in [2.75, 3.05) is 33.9 Å². The number of likely N-dealkylation sites (N-methyl/N-ethyl adjacent to an activating group) is 1. The normalized spacial score (nSPS) is 18.6. The van der Waals surface area contributed by atoms with Crippen molar-refractivity contribution < 1.29 is 14.3 Å². The first-order chi connectivity index (χ1) is 9.61. The quantitative estimate of drug-likeness (QED) is 0.891. The van der Waals surface area contributed by atoms with Crippen molar-refractivity contribution in [3.8, 4) is 5.75 Å². The number of carbonyl (C=O) groups excluding carboxylic acids is 1. The molecule has 1 heterocycles. The van der Waals surface area contributed by atoms with Gasteiger partial charge in [0, 0.05) is 32.2 Å². The predicted octanol–water partition coefficient (Wildman–Crippen LogP) is 0.950. The fourth-order valence-electron chi connectivity index (χ4n) is 2.33. The highest BCUT2D eigenvalue weighted by molar-refractivity contribution is 5.81. The Balaban J connectivity index is 2.04. The van der Waals surface area contributed by atoms with Gasteiger partial charge in [0.2, 0.25) is 0 Å². The molecule has 1 aliphatic rings. The van der Waals surface area contributed by atoms with Gasteiger partial charge in [0.15, 0.2) is 0 Å². The molecule has 2 rings (SSSR count). The molecule has 5 nitrogen and oxygen atoms in total. The van der Waals surface area contributed by atoms with E-state index < -0.39 is 0 Å². The lowest BCUT2D eigenvalue weighted by Gasteiger charge is -2.27. The number of nitrogens with zero attached hydrogens (tertiary/aromatic N) is 1. The Labute approximate surface area is 119 Å². The average Bonchev–Trinajstić information content (AvgIpc) is 2.47. The van der Waals surface area contributed by atoms with Gasteiger partial charge in [-0.05, 0) is 13.0 Å². The van der Waals surface area contributed by atoms with Crippen LogP contribution in [0.2, 0.25) is 0 Å². The Morgan fingerprint density at radius 3 is 3.00 bits per heavy atom. The van der Waals surface area contributed by atoms with E-state index >= 15 is 0 Å². The second-order valence-corrected chi connectivity index (χ2v) is 5.07. The van der Waals surface area contributed by atoms with E-state index in [-0.39, 0.29) is 12.0 Å². The molecule has 1 N–H and O–H groups in total. The number of carbonyl (C=O) groups is 1. The molecule has 1 amide bonds. The zero-order valence-electron chi connectivity index (χ0n) is 12.3. The number of aryl methyl sites for hydroxylation is 1. The zero-order valence-corrected chi connectivity index (χ0v) is 12.3. The van der Waals surface area contributed by atoms with Crippen molar-refractivity contribution in [3.63, 3.8) is 0 Å². The van der Waals surface area contributed by atoms with E-state index in [1.807, 2.05) is 25.1 Å². The van der Waals surface area contributed by atoms with Gasteiger partial charge in [-0.25, -0.2) is 0 Å². The van der Waals surface area contributed by atoms with Crippen LogP contribution in [0.15, 0.2) is 18.2 Å². The molecular weight excluding hydrogens is 256 g/mol. The van der Waals surface area contributed by atoms with Crippen LogP contribution in [0, 0.1) is 6.92 Å². The lowest BCUT2D eigenvalue weighted by atomic mass is 10.1. The Bertz CT molecular complexity index is 470. The summed E-state index contributed by atoms with van der Waals surface area (Å²) in [7, 11) is 3.44. The number of hydrogen-bond acceptors (Lipinski definition) is 4. The van der Waals surface area contributed by atoms with Crippen molar-refractivity contribution in [2.45, 2.75) is 19.6 Å². The summed E-state index contributed by atoms with van der Waals surface area (Å²) < 4.78 is 10.8. The molecule has 0 spiro atoms. The summed E-state index contributed by atoms with van der Waals surface area (Å²) in [6.07, 6.45) is -0.385. The molecule has 1 unspecified atom stereocenters. The van der Waals surface area contributed by atoms with Gasteiger partial charge in [-0.15, -0.1) is 0 Å². The van der Waals surface area contributed by atoms with Crippen LogP contribution in [0.3, 0.4) is 0 Å². The first-order valence-corrected chi connectivity index (χ1v) is 6.82. The minimum Gasteiger partial charge on any atom is -0.496 e. The van der Waals surface area contributed by atoms with Gasteiger partial charge in [-0.2, -0.15) is 0 Å². The highest BCUT2D eigenvalue weighted by Crippen LogP contribution is 2.21. The molecule has 1 aromatic rings. The lowest BCUT2D eigenvalue weighted by Crippen LogP contribution is -2.48. The van der Waals surface area contributed by atoms with Gasteiger partial charge in [-0.3, -0.25) is 4.79 Å². The van der Waals surface area contributed by atoms with Crippen molar-refractivity contribution >= 4 is 5.91 Å². The molecule has 1 aliphatic heterocycles. The summed E-state index contributed by atoms with van der Waals surface area (Å²) >= 11 is 0. The number of benzene rings is 1. The molecule has 0 radical (unpaired) electrons. The summed E-state index contributed by atoms with van der Waals surface area (Å²) in [6, 6.07) is 5.97. The molecule has 1 saturated heterocycles. The zero-order chi connectivity index (χ0) is 14.5. The summed E-state index contributed by atoms with van der Waals surface area (Å²) in [4.78, 5) is 14.0. The van der Waals surface area contributed by atoms with E-state index in [9.17, 15) is 4.79 Å². The van der Waals surface area contributed by atoms with Gasteiger partial charge in [0.25, 0.3) is 5.91 Å². The Kier molecular flexibility index (Phi) is 4.98. The molecule has 1 fully saturated rings. The monoisotopic (exact) mass is 278 g/mol. The third-order valence-corrected chi connectivity index (χ3v) is 3.42. The Morgan fingerprint density at radius 2 is 2.35 bits per heavy atom. The second kappa shape index (κ2) is 6.72. The van der Waals surface area contributed by atoms with Gasteiger partial charge >= 0.3 is 0 Å². The van der Waals surface area contributed by atoms with Crippen LogP contribution < -0.4 is 10.1 Å². The molecule has 0 aliphatic carbocycles. The predicted molar refractivity (Wildman–Crippen MR) is 76.8 cm³/mol. The first-order valence-electron chi connectivity index (χ1n) is 6.82. The second-order valence-electron chi connectivity index (χ2n) is 5.07. The van der Waals surface area contributed by atoms with E-state index in [1.165, 1.54) is 0 Å². The molecule has 0 bridgehead atoms. The van der Waals surface area contributed by atoms with Crippen LogP contribution in [0.1, 0.15) is 11.1 Å². The van der Waals surface area contributed by atoms with Gasteiger partial charge in [0.05, 0.1) is 13.7 Å². The first kappa shape index (κ1) is 14.8. The topological polar surface area (TPSA) is 50.8 Å². The molecule has 20 heavy (non-hydrogen) atoms. The highest BCUT2D eigenvalue weighted by Gasteiger charge is 2.25. The number of ether oxygens (including phenoxy) is 2. The van der Waals surface area contributed by atoms with Gasteiger partial charge in [0.1, 0.15) is 11.9 Å². The third-order valence-electron chi connectivity index (χ3n) is 3.42. The number of nitrogens with one attached hydrogen (secondary N) is 1. The van der Waals surface area contributed by atoms with Crippen molar-refractivity contribution in [2.24, 2.45) is 0 Å². The molecule has 1 aromatic carbocycles. The van der Waals surface area contributed by atoms with Crippen molar-refractivity contribution in [1.82, 2.24) is 10.2 Å². The summed E-state index contributed by atoms with van der Waals surface area (Å²) in [6.45, 7) is 4.51. The molecule has 0 aromatic heterocycles. The number of methoxy groups -OCH3 is 1. The number of hydrogen-bond donors (Lipinski definition) is 1. The van der Waals surface area contributed by atoms with Crippen LogP contribution in [0.5, 0.6) is 5.75 Å². The van der Waals surface area contributed by atoms with Crippen LogP contribution in [0.4, 0.5) is 0 Å². The molecule has 0 saturated carbocycles. The number of morpholine rings is 1. The highest BCUT2D eigenvalue weighted by atomic mass is 16.5. The molecular formula is C15H22N2O3. The summed E-state index contributed by atoms with van der Waals surface area (Å²) in [5.41, 5.74) is 2.16. The Morgan fingerprint density at radius 1 is 1.55 bits per heavy atom. The average molecular weight is 278 g/mol. The largest absolute Gasteiger partial charge is 0.496 e. The number of amides is 1. The number of rotatable bonds is 4. The summed E-state index contributed by atoms with van der Waals surface area (Å²) in [5, 5.41) is 3.17. The van der Waals surface area contributed by atoms with E-state index in [0.717, 1.165) is 23.4 Å². The lowest BCUT2D eigenvalue weighted by molar-refractivity contribution is -0.144. The fourth-order valence-corrected chi connectivity index (χ4v) is 2.33. The fraction of sp³-hybridized carbons (Fsp3) is 0.533. The van der Waals surface area contributed by atoms with Crippen LogP contribution in [-0.2, 0) is 16.1 Å². The minimum atomic E-state index is -0.385. The SMILES string of the molecule is COc1ccc(C)cc1CN(C)C(=O)C1CNCCO1. The smallest absolute Gasteiger partial charge is 0.253 e. The van der Waals surface area contributed by atoms with Crippen LogP contribution >= 0.6 is 0 Å². The Hall–Kier alpha value is -1.59. The van der Waals surface area contributed by atoms with Crippen molar-refractivity contribution in [1.29, 1.82) is 0 Å². The third kappa shape index (κ3) is 3.49. The van der Waals surface area contributed by atoms with Gasteiger partial charge < -0.3 is 19.7 Å².